The molecule has 0 radical (unpaired) electrons. The minimum absolute atomic E-state index is 0.115. The Morgan fingerprint density at radius 2 is 0.545 bits per heavy atom. The molecule has 0 saturated carbocycles. The molecule has 24 amide bonds. The predicted octanol–water partition coefficient (Wildman–Crippen LogP) is -23.4. The third-order valence-corrected chi connectivity index (χ3v) is 18.1. The molecule has 63 nitrogen and oxygen atoms in total. The van der Waals surface area contributed by atoms with Crippen LogP contribution in [0.4, 0.5) is 0 Å². The number of primary amides is 5. The van der Waals surface area contributed by atoms with Gasteiger partial charge >= 0.3 is 11.9 Å². The van der Waals surface area contributed by atoms with Crippen LogP contribution in [0.25, 0.3) is 0 Å². The van der Waals surface area contributed by atoms with Gasteiger partial charge in [-0.1, -0.05) is 0 Å². The molecule has 752 valence electrons. The van der Waals surface area contributed by atoms with E-state index in [1.165, 1.54) is 0 Å². The van der Waals surface area contributed by atoms with Crippen molar-refractivity contribution in [2.75, 3.05) is 46.1 Å². The van der Waals surface area contributed by atoms with Crippen LogP contribution in [0.3, 0.4) is 0 Å². The van der Waals surface area contributed by atoms with E-state index >= 15 is 0 Å². The molecule has 0 heterocycles. The van der Waals surface area contributed by atoms with Gasteiger partial charge in [-0.25, -0.2) is 4.79 Å². The minimum atomic E-state index is -2.20. The van der Waals surface area contributed by atoms with Crippen molar-refractivity contribution in [1.29, 1.82) is 5.41 Å². The zero-order valence-corrected chi connectivity index (χ0v) is 73.1. The standard InChI is InChI=1S/C71H118N28O35/c1-24(53(116)83-25(2)54(117)93-38(20-100)64(127)85-26(3)55(118)94-39(21-101)65(128)86-27(4)56(119)95-40(22-102)66(129)91-35(15-45(76)110)62(125)96-41(23-103)67(130)99-52(30(7)106)70(133)134)84-60(123)34(14-44(75)109)90-61(124)36(16-46(77)111)92-69(132)51(29(6)105)98-59(122)33(10-11-42(73)107)87-47(112)18-81-58(121)32(9-8-12-80-71(78)79)89-63(126)37(17-49(114)115)88-48(113)19-82-68(131)50(28(5)104)97-57(120)31(72)13-43(74)108/h24-41,50-52,100-106H,8-23,72H2,1-7H3,(H2,73,107)(H2,74,108)(H2,75,109)(H2,76,110)(H2,77,111)(H,81,121)(H,82,131)(H,83,116)(H,84,123)(H,85,127)(H,86,128)(H,87,112)(H,88,113)(H,89,126)(H,90,124)(H,91,129)(H,92,132)(H,93,117)(H,94,118)(H,95,119)(H,96,125)(H,97,120)(H,98,122)(H,99,130)(H,114,115)(H,133,134)(H4,78,79,80)/t24-,25-,26-,27-,28+,29+,30+,31-,32-,33-,34-,35-,36-,37-,38-,39-,40-,41-,50-,51-,52-/m0/s1. The minimum Gasteiger partial charge on any atom is -0.481 e. The van der Waals surface area contributed by atoms with Crippen LogP contribution in [-0.2, 0) is 125 Å². The van der Waals surface area contributed by atoms with Gasteiger partial charge in [0.15, 0.2) is 12.0 Å². The largest absolute Gasteiger partial charge is 0.481 e. The van der Waals surface area contributed by atoms with E-state index in [2.05, 4.69) is 58.5 Å². The van der Waals surface area contributed by atoms with Crippen LogP contribution < -0.4 is 146 Å². The second-order valence-corrected chi connectivity index (χ2v) is 29.7. The molecule has 44 N–H and O–H groups in total. The highest BCUT2D eigenvalue weighted by Gasteiger charge is 2.40. The monoisotopic (exact) mass is 1920 g/mol. The maximum Gasteiger partial charge on any atom is 0.328 e. The SMILES string of the molecule is C[C@H](NC(=O)[C@H](C)NC(=O)[C@H](CC(N)=O)NC(=O)[C@H](CC(N)=O)NC(=O)[C@@H](NC(=O)[C@H](CCC(N)=O)NC(=O)CNC(=O)[C@H](CCCNC(=N)N)NC(=O)[C@H](CC(=O)O)NC(=O)CNC(=O)[C@@H](NC(=O)[C@@H](N)CC(N)=O)[C@@H](C)O)[C@@H](C)O)C(=O)N[C@@H](CO)C(=O)N[C@@H](C)C(=O)N[C@@H](CO)C(=O)N[C@@H](C)C(=O)N[C@@H](CO)C(=O)N[C@@H](CC(N)=O)C(=O)N[C@@H](CO)C(=O)N[C@H](C(=O)O)[C@@H](C)O. The van der Waals surface area contributed by atoms with Crippen molar-refractivity contribution in [2.45, 2.75) is 233 Å². The Morgan fingerprint density at radius 3 is 0.896 bits per heavy atom. The summed E-state index contributed by atoms with van der Waals surface area (Å²) in [6.07, 6.45) is -12.3. The van der Waals surface area contributed by atoms with Gasteiger partial charge in [0.1, 0.15) is 96.7 Å². The number of hydrogen-bond donors (Lipinski definition) is 37. The molecule has 0 saturated heterocycles. The Labute approximate surface area is 759 Å². The summed E-state index contributed by atoms with van der Waals surface area (Å²) in [4.78, 5) is 336. The van der Waals surface area contributed by atoms with E-state index in [0.717, 1.165) is 48.5 Å². The first-order valence-corrected chi connectivity index (χ1v) is 40.1. The molecule has 0 rings (SSSR count). The van der Waals surface area contributed by atoms with Crippen LogP contribution in [0.2, 0.25) is 0 Å². The van der Waals surface area contributed by atoms with Crippen molar-refractivity contribution in [3.05, 3.63) is 0 Å². The van der Waals surface area contributed by atoms with Gasteiger partial charge < -0.3 is 192 Å². The predicted molar refractivity (Wildman–Crippen MR) is 446 cm³/mol. The van der Waals surface area contributed by atoms with Crippen molar-refractivity contribution in [3.8, 4) is 0 Å². The lowest BCUT2D eigenvalue weighted by Crippen LogP contribution is -2.62. The van der Waals surface area contributed by atoms with Crippen molar-refractivity contribution >= 4 is 160 Å². The average Bonchev–Trinajstić information content (AvgIpc) is 0.854. The molecular formula is C71H118N28O35. The number of aliphatic hydroxyl groups excluding tert-OH is 7. The molecule has 0 spiro atoms. The fourth-order valence-corrected chi connectivity index (χ4v) is 10.9. The second kappa shape index (κ2) is 59.5. The number of carbonyl (C=O) groups is 26. The smallest absolute Gasteiger partial charge is 0.328 e. The fraction of sp³-hybridized carbons (Fsp3) is 0.620. The highest BCUT2D eigenvalue weighted by atomic mass is 16.4. The highest BCUT2D eigenvalue weighted by Crippen LogP contribution is 2.09. The zero-order chi connectivity index (χ0) is 103. The van der Waals surface area contributed by atoms with Gasteiger partial charge in [-0.05, 0) is 67.7 Å². The van der Waals surface area contributed by atoms with Crippen LogP contribution in [0, 0.1) is 5.41 Å². The van der Waals surface area contributed by atoms with Crippen LogP contribution in [0.1, 0.15) is 106 Å². The van der Waals surface area contributed by atoms with E-state index in [1.54, 1.807) is 0 Å². The van der Waals surface area contributed by atoms with Crippen molar-refractivity contribution in [1.82, 2.24) is 106 Å². The summed E-state index contributed by atoms with van der Waals surface area (Å²) < 4.78 is 0. The van der Waals surface area contributed by atoms with Gasteiger partial charge in [-0.2, -0.15) is 0 Å². The number of carboxylic acid groups (broad SMARTS) is 2. The van der Waals surface area contributed by atoms with Gasteiger partial charge in [0.05, 0.1) is 96.0 Å². The molecule has 0 aromatic carbocycles. The summed E-state index contributed by atoms with van der Waals surface area (Å²) in [7, 11) is 0. The number of rotatable bonds is 63. The summed E-state index contributed by atoms with van der Waals surface area (Å²) in [6.45, 7) is -0.170. The quantitative estimate of drug-likeness (QED) is 0.0153. The van der Waals surface area contributed by atoms with Crippen LogP contribution in [-0.4, -0.2) is 379 Å². The molecule has 0 aliphatic rings. The van der Waals surface area contributed by atoms with E-state index in [9.17, 15) is 171 Å². The summed E-state index contributed by atoms with van der Waals surface area (Å²) in [5.41, 5.74) is 37.1. The molecule has 0 fully saturated rings. The maximum absolute atomic E-state index is 13.9. The topological polar surface area (TPSA) is 1070 Å². The number of amides is 24. The fourth-order valence-electron chi connectivity index (χ4n) is 10.9. The number of aliphatic hydroxyl groups is 7. The molecule has 0 aromatic heterocycles. The zero-order valence-electron chi connectivity index (χ0n) is 73.1. The average molecular weight is 1920 g/mol. The van der Waals surface area contributed by atoms with Crippen LogP contribution >= 0.6 is 0 Å². The number of nitrogens with two attached hydrogens (primary N) is 7. The number of guanidine groups is 1. The molecular weight excluding hydrogens is 1800 g/mol. The van der Waals surface area contributed by atoms with Gasteiger partial charge in [0.25, 0.3) is 0 Å². The molecule has 0 bridgehead atoms. The molecule has 0 unspecified atom stereocenters. The van der Waals surface area contributed by atoms with Crippen molar-refractivity contribution < 1.29 is 171 Å². The molecule has 0 aromatic rings. The Balaban J connectivity index is 6.30. The van der Waals surface area contributed by atoms with Crippen LogP contribution in [0.5, 0.6) is 0 Å². The molecule has 21 atom stereocenters. The summed E-state index contributed by atoms with van der Waals surface area (Å²) in [5, 5.41) is 138. The first-order valence-electron chi connectivity index (χ1n) is 40.1. The number of carboxylic acids is 2. The summed E-state index contributed by atoms with van der Waals surface area (Å²) in [5.74, 6) is -34.9. The summed E-state index contributed by atoms with van der Waals surface area (Å²) >= 11 is 0. The van der Waals surface area contributed by atoms with Crippen LogP contribution in [0.15, 0.2) is 0 Å². The number of hydrogen-bond acceptors (Lipinski definition) is 35. The lowest BCUT2D eigenvalue weighted by molar-refractivity contribution is -0.145. The molecule has 134 heavy (non-hydrogen) atoms. The third-order valence-electron chi connectivity index (χ3n) is 18.1. The highest BCUT2D eigenvalue weighted by molar-refractivity contribution is 6.04. The normalized spacial score (nSPS) is 15.6. The first kappa shape index (κ1) is 119. The molecule has 63 heteroatoms. The number of carbonyl (C=O) groups excluding carboxylic acids is 24. The molecule has 0 aliphatic heterocycles. The van der Waals surface area contributed by atoms with Gasteiger partial charge in [0.2, 0.25) is 142 Å². The maximum atomic E-state index is 13.9. The lowest BCUT2D eigenvalue weighted by atomic mass is 10.1. The Morgan fingerprint density at radius 1 is 0.276 bits per heavy atom. The lowest BCUT2D eigenvalue weighted by Gasteiger charge is -2.27. The third kappa shape index (κ3) is 45.1. The van der Waals surface area contributed by atoms with Crippen molar-refractivity contribution in [2.24, 2.45) is 40.1 Å². The Bertz CT molecular complexity index is 4270. The van der Waals surface area contributed by atoms with Gasteiger partial charge in [0, 0.05) is 13.0 Å². The number of aliphatic carboxylic acids is 2. The first-order chi connectivity index (χ1) is 62.2. The number of nitrogens with one attached hydrogen (secondary N) is 21. The van der Waals surface area contributed by atoms with E-state index in [4.69, 9.17) is 45.5 Å². The van der Waals surface area contributed by atoms with E-state index in [1.807, 2.05) is 47.9 Å². The van der Waals surface area contributed by atoms with Gasteiger partial charge in [-0.3, -0.25) is 125 Å². The molecule has 0 aliphatic carbocycles. The van der Waals surface area contributed by atoms with E-state index < -0.39 is 378 Å². The Hall–Kier alpha value is -14.8. The second-order valence-electron chi connectivity index (χ2n) is 29.7. The summed E-state index contributed by atoms with van der Waals surface area (Å²) in [6, 6.07) is -34.1. The van der Waals surface area contributed by atoms with E-state index in [0.29, 0.717) is 0 Å². The van der Waals surface area contributed by atoms with Gasteiger partial charge in [-0.15, -0.1) is 0 Å². The Kier molecular flexibility index (Phi) is 52.9. The van der Waals surface area contributed by atoms with Crippen molar-refractivity contribution in [3.63, 3.8) is 0 Å². The van der Waals surface area contributed by atoms with E-state index in [-0.39, 0.29) is 13.0 Å².